The predicted molar refractivity (Wildman–Crippen MR) is 89.3 cm³/mol. The minimum Gasteiger partial charge on any atom is -0.475 e. The van der Waals surface area contributed by atoms with Crippen LogP contribution in [0.15, 0.2) is 36.4 Å². The van der Waals surface area contributed by atoms with Crippen molar-refractivity contribution in [1.82, 2.24) is 0 Å². The third kappa shape index (κ3) is 5.96. The van der Waals surface area contributed by atoms with Gasteiger partial charge in [-0.15, -0.1) is 0 Å². The Hall–Kier alpha value is -3.30. The zero-order valence-corrected chi connectivity index (χ0v) is 13.6. The first-order valence-corrected chi connectivity index (χ1v) is 7.17. The maximum atomic E-state index is 11.5. The van der Waals surface area contributed by atoms with Gasteiger partial charge in [0.05, 0.1) is 12.3 Å². The highest BCUT2D eigenvalue weighted by atomic mass is 19.4. The lowest BCUT2D eigenvalue weighted by Crippen LogP contribution is -2.21. The molecule has 2 rings (SSSR count). The predicted octanol–water partition coefficient (Wildman–Crippen LogP) is 3.33. The lowest BCUT2D eigenvalue weighted by atomic mass is 10.0. The Morgan fingerprint density at radius 3 is 2.38 bits per heavy atom. The van der Waals surface area contributed by atoms with Crippen LogP contribution in [0.2, 0.25) is 0 Å². The summed E-state index contributed by atoms with van der Waals surface area (Å²) in [6.07, 6.45) is -5.58. The van der Waals surface area contributed by atoms with E-state index in [2.05, 4.69) is 5.32 Å². The molecule has 0 fully saturated rings. The van der Waals surface area contributed by atoms with Crippen LogP contribution in [0, 0.1) is 5.41 Å². The van der Waals surface area contributed by atoms with Crippen LogP contribution in [0.3, 0.4) is 0 Å². The molecule has 2 aromatic carbocycles. The largest absolute Gasteiger partial charge is 0.490 e. The number of nitrogens with one attached hydrogen (secondary N) is 2. The molecule has 0 aliphatic rings. The lowest BCUT2D eigenvalue weighted by molar-refractivity contribution is -0.192. The normalized spacial score (nSPS) is 10.5. The van der Waals surface area contributed by atoms with Gasteiger partial charge in [0, 0.05) is 10.9 Å². The number of carbonyl (C=O) groups is 2. The Balaban J connectivity index is 0.000000412. The van der Waals surface area contributed by atoms with Gasteiger partial charge in [-0.05, 0) is 24.4 Å². The second-order valence-corrected chi connectivity index (χ2v) is 4.80. The molecule has 7 nitrogen and oxygen atoms in total. The van der Waals surface area contributed by atoms with Crippen LogP contribution in [0.1, 0.15) is 12.5 Å². The zero-order valence-electron chi connectivity index (χ0n) is 13.6. The van der Waals surface area contributed by atoms with E-state index in [1.807, 2.05) is 18.2 Å². The standard InChI is InChI=1S/C14H15N3O2.C2HF3O2/c1-2-19-14(18)17-12-5-3-4-9-6-7-10(13(15)16)8-11(9)12;3-2(4,5)1(6)7/h3-8H,2H2,1H3,(H3,15,16)(H,17,18);(H,6,7). The number of nitrogens with two attached hydrogens (primary N) is 1. The SMILES string of the molecule is CCOC(=O)Nc1cccc2ccc(C(=N)N)cc12.O=C(O)C(F)(F)F. The molecular weight excluding hydrogens is 355 g/mol. The number of alkyl halides is 3. The van der Waals surface area contributed by atoms with Crippen molar-refractivity contribution in [3.63, 3.8) is 0 Å². The first-order chi connectivity index (χ1) is 12.1. The van der Waals surface area contributed by atoms with Crippen molar-refractivity contribution in [2.45, 2.75) is 13.1 Å². The quantitative estimate of drug-likeness (QED) is 0.486. The molecule has 26 heavy (non-hydrogen) atoms. The Bertz CT molecular complexity index is 822. The fourth-order valence-electron chi connectivity index (χ4n) is 1.83. The average Bonchev–Trinajstić information content (AvgIpc) is 2.54. The van der Waals surface area contributed by atoms with Gasteiger partial charge < -0.3 is 15.6 Å². The van der Waals surface area contributed by atoms with Gasteiger partial charge in [-0.2, -0.15) is 13.2 Å². The highest BCUT2D eigenvalue weighted by Crippen LogP contribution is 2.24. The summed E-state index contributed by atoms with van der Waals surface area (Å²) in [5.41, 5.74) is 6.73. The van der Waals surface area contributed by atoms with E-state index in [9.17, 15) is 18.0 Å². The molecule has 0 aromatic heterocycles. The van der Waals surface area contributed by atoms with E-state index in [1.165, 1.54) is 0 Å². The van der Waals surface area contributed by atoms with Gasteiger partial charge in [-0.3, -0.25) is 10.7 Å². The van der Waals surface area contributed by atoms with Gasteiger partial charge in [0.2, 0.25) is 0 Å². The van der Waals surface area contributed by atoms with Gasteiger partial charge >= 0.3 is 18.2 Å². The molecule has 0 bridgehead atoms. The van der Waals surface area contributed by atoms with Gasteiger partial charge in [0.15, 0.2) is 0 Å². The number of carboxylic acid groups (broad SMARTS) is 1. The highest BCUT2D eigenvalue weighted by molar-refractivity contribution is 6.04. The molecular formula is C16H16F3N3O4. The van der Waals surface area contributed by atoms with Crippen molar-refractivity contribution in [1.29, 1.82) is 5.41 Å². The zero-order chi connectivity index (χ0) is 19.9. The number of aliphatic carboxylic acids is 1. The number of carboxylic acids is 1. The van der Waals surface area contributed by atoms with Crippen molar-refractivity contribution < 1.29 is 32.6 Å². The third-order valence-electron chi connectivity index (χ3n) is 2.95. The van der Waals surface area contributed by atoms with E-state index in [1.54, 1.807) is 25.1 Å². The number of benzene rings is 2. The molecule has 0 radical (unpaired) electrons. The van der Waals surface area contributed by atoms with E-state index < -0.39 is 18.2 Å². The van der Waals surface area contributed by atoms with Crippen LogP contribution in [0.5, 0.6) is 0 Å². The molecule has 10 heteroatoms. The summed E-state index contributed by atoms with van der Waals surface area (Å²) in [6.45, 7) is 2.06. The molecule has 5 N–H and O–H groups in total. The van der Waals surface area contributed by atoms with E-state index in [4.69, 9.17) is 25.8 Å². The van der Waals surface area contributed by atoms with Crippen molar-refractivity contribution in [3.05, 3.63) is 42.0 Å². The second kappa shape index (κ2) is 8.70. The maximum Gasteiger partial charge on any atom is 0.490 e. The summed E-state index contributed by atoms with van der Waals surface area (Å²) in [5.74, 6) is -2.76. The number of carbonyl (C=O) groups excluding carboxylic acids is 1. The maximum absolute atomic E-state index is 11.5. The Morgan fingerprint density at radius 2 is 1.88 bits per heavy atom. The number of amides is 1. The number of amidine groups is 1. The number of fused-ring (bicyclic) bond motifs is 1. The number of hydrogen-bond acceptors (Lipinski definition) is 4. The van der Waals surface area contributed by atoms with Gasteiger partial charge in [0.25, 0.3) is 0 Å². The molecule has 0 unspecified atom stereocenters. The van der Waals surface area contributed by atoms with Crippen LogP contribution in [0.25, 0.3) is 10.8 Å². The molecule has 0 spiro atoms. The lowest BCUT2D eigenvalue weighted by Gasteiger charge is -2.09. The van der Waals surface area contributed by atoms with Crippen LogP contribution in [-0.2, 0) is 9.53 Å². The minimum atomic E-state index is -5.08. The molecule has 2 aromatic rings. The number of hydrogen-bond donors (Lipinski definition) is 4. The van der Waals surface area contributed by atoms with Gasteiger partial charge in [-0.1, -0.05) is 24.3 Å². The van der Waals surface area contributed by atoms with E-state index in [0.717, 1.165) is 10.8 Å². The van der Waals surface area contributed by atoms with Crippen molar-refractivity contribution in [3.8, 4) is 0 Å². The fourth-order valence-corrected chi connectivity index (χ4v) is 1.83. The summed E-state index contributed by atoms with van der Waals surface area (Å²) in [4.78, 5) is 20.4. The molecule has 0 saturated heterocycles. The van der Waals surface area contributed by atoms with E-state index in [0.29, 0.717) is 17.9 Å². The number of rotatable bonds is 3. The molecule has 0 aliphatic carbocycles. The average molecular weight is 371 g/mol. The number of nitrogen functional groups attached to an aromatic ring is 1. The summed E-state index contributed by atoms with van der Waals surface area (Å²) >= 11 is 0. The first-order valence-electron chi connectivity index (χ1n) is 7.17. The van der Waals surface area contributed by atoms with Gasteiger partial charge in [0.1, 0.15) is 5.84 Å². The molecule has 0 saturated carbocycles. The minimum absolute atomic E-state index is 0.00663. The van der Waals surface area contributed by atoms with Crippen LogP contribution in [0.4, 0.5) is 23.7 Å². The topological polar surface area (TPSA) is 126 Å². The molecule has 0 heterocycles. The van der Waals surface area contributed by atoms with Crippen molar-refractivity contribution in [2.24, 2.45) is 5.73 Å². The number of halogens is 3. The second-order valence-electron chi connectivity index (χ2n) is 4.80. The smallest absolute Gasteiger partial charge is 0.475 e. The summed E-state index contributed by atoms with van der Waals surface area (Å²) in [5, 5.41) is 19.0. The van der Waals surface area contributed by atoms with E-state index in [-0.39, 0.29) is 5.84 Å². The van der Waals surface area contributed by atoms with Crippen molar-refractivity contribution in [2.75, 3.05) is 11.9 Å². The summed E-state index contributed by atoms with van der Waals surface area (Å²) < 4.78 is 36.6. The first kappa shape index (κ1) is 20.7. The summed E-state index contributed by atoms with van der Waals surface area (Å²) in [6, 6.07) is 11.0. The Labute approximate surface area is 146 Å². The third-order valence-corrected chi connectivity index (χ3v) is 2.95. The van der Waals surface area contributed by atoms with Crippen LogP contribution in [-0.4, -0.2) is 35.8 Å². The van der Waals surface area contributed by atoms with Crippen LogP contribution >= 0.6 is 0 Å². The Morgan fingerprint density at radius 1 is 1.27 bits per heavy atom. The molecule has 0 aliphatic heterocycles. The van der Waals surface area contributed by atoms with Gasteiger partial charge in [-0.25, -0.2) is 9.59 Å². The van der Waals surface area contributed by atoms with Crippen molar-refractivity contribution >= 4 is 34.4 Å². The summed E-state index contributed by atoms with van der Waals surface area (Å²) in [7, 11) is 0. The number of ether oxygens (including phenoxy) is 1. The monoisotopic (exact) mass is 371 g/mol. The molecule has 140 valence electrons. The van der Waals surface area contributed by atoms with E-state index >= 15 is 0 Å². The molecule has 1 amide bonds. The fraction of sp³-hybridized carbons (Fsp3) is 0.188. The Kier molecular flexibility index (Phi) is 6.94. The van der Waals surface area contributed by atoms with Crippen LogP contribution < -0.4 is 11.1 Å². The number of anilines is 1. The highest BCUT2D eigenvalue weighted by Gasteiger charge is 2.38. The molecule has 0 atom stereocenters.